The van der Waals surface area contributed by atoms with Gasteiger partial charge in [-0.05, 0) is 78.5 Å². The second kappa shape index (κ2) is 10.5. The minimum absolute atomic E-state index is 0.226. The highest BCUT2D eigenvalue weighted by atomic mass is 31.2. The second-order valence-electron chi connectivity index (χ2n) is 8.19. The minimum atomic E-state index is -4.28. The van der Waals surface area contributed by atoms with Crippen molar-refractivity contribution < 1.29 is 19.5 Å². The first-order valence-corrected chi connectivity index (χ1v) is 12.9. The molecule has 1 aliphatic carbocycles. The zero-order chi connectivity index (χ0) is 22.4. The lowest BCUT2D eigenvalue weighted by atomic mass is 9.88. The van der Waals surface area contributed by atoms with Crippen molar-refractivity contribution in [2.45, 2.75) is 65.2 Å². The summed E-state index contributed by atoms with van der Waals surface area (Å²) in [5.74, 6) is 0.256. The molecule has 0 radical (unpaired) electrons. The number of allylic oxidation sites excluding steroid dienone is 3. The van der Waals surface area contributed by atoms with Gasteiger partial charge in [0.1, 0.15) is 5.75 Å². The zero-order valence-electron chi connectivity index (χ0n) is 18.5. The quantitative estimate of drug-likeness (QED) is 0.326. The fourth-order valence-electron chi connectivity index (χ4n) is 4.62. The third-order valence-corrected chi connectivity index (χ3v) is 7.42. The van der Waals surface area contributed by atoms with E-state index in [1.165, 1.54) is 36.8 Å². The van der Waals surface area contributed by atoms with Crippen LogP contribution in [0.1, 0.15) is 81.9 Å². The smallest absolute Gasteiger partial charge is 0.352 e. The maximum Gasteiger partial charge on any atom is 0.352 e. The molecule has 5 heteroatoms. The molecule has 3 rings (SSSR count). The Hall–Kier alpha value is -2.13. The van der Waals surface area contributed by atoms with Gasteiger partial charge in [0.25, 0.3) is 0 Å². The van der Waals surface area contributed by atoms with Crippen LogP contribution in [0.15, 0.2) is 59.4 Å². The summed E-state index contributed by atoms with van der Waals surface area (Å²) in [7, 11) is -4.28. The van der Waals surface area contributed by atoms with Crippen molar-refractivity contribution in [3.8, 4) is 5.75 Å². The number of rotatable bonds is 6. The largest absolute Gasteiger partial charge is 0.508 e. The van der Waals surface area contributed by atoms with Crippen LogP contribution in [0.2, 0.25) is 0 Å². The number of hydrogen-bond donors (Lipinski definition) is 3. The van der Waals surface area contributed by atoms with Gasteiger partial charge in [-0.2, -0.15) is 0 Å². The SMILES string of the molecule is CCC(=C(CC)P(=O)(O)O)c1ccc(C(=C2CCCCCC2)c2ccc(O)cc2)cc1. The lowest BCUT2D eigenvalue weighted by Gasteiger charge is -2.18. The molecule has 2 aromatic rings. The van der Waals surface area contributed by atoms with Crippen LogP contribution < -0.4 is 0 Å². The van der Waals surface area contributed by atoms with Crippen LogP contribution in [-0.2, 0) is 4.57 Å². The molecule has 166 valence electrons. The Kier molecular flexibility index (Phi) is 7.94. The summed E-state index contributed by atoms with van der Waals surface area (Å²) in [4.78, 5) is 19.6. The number of hydrogen-bond acceptors (Lipinski definition) is 2. The summed E-state index contributed by atoms with van der Waals surface area (Å²) < 4.78 is 12.0. The van der Waals surface area contributed by atoms with Gasteiger partial charge in [0.2, 0.25) is 0 Å². The molecular weight excluding hydrogens is 407 g/mol. The Morgan fingerprint density at radius 3 is 1.71 bits per heavy atom. The molecule has 2 aromatic carbocycles. The maximum absolute atomic E-state index is 12.0. The summed E-state index contributed by atoms with van der Waals surface area (Å²) >= 11 is 0. The third-order valence-electron chi connectivity index (χ3n) is 6.13. The van der Waals surface area contributed by atoms with Gasteiger partial charge in [-0.3, -0.25) is 4.57 Å². The highest BCUT2D eigenvalue weighted by Crippen LogP contribution is 2.51. The van der Waals surface area contributed by atoms with Crippen LogP contribution >= 0.6 is 7.60 Å². The van der Waals surface area contributed by atoms with Crippen LogP contribution in [0.3, 0.4) is 0 Å². The molecule has 0 heterocycles. The zero-order valence-corrected chi connectivity index (χ0v) is 19.4. The Balaban J connectivity index is 2.09. The van der Waals surface area contributed by atoms with E-state index in [0.717, 1.165) is 35.1 Å². The Labute approximate surface area is 185 Å². The van der Waals surface area contributed by atoms with Gasteiger partial charge in [-0.25, -0.2) is 0 Å². The first-order chi connectivity index (χ1) is 14.8. The van der Waals surface area contributed by atoms with Gasteiger partial charge in [-0.1, -0.05) is 68.7 Å². The fraction of sp³-hybridized carbons (Fsp3) is 0.385. The van der Waals surface area contributed by atoms with Crippen LogP contribution in [0.5, 0.6) is 5.75 Å². The van der Waals surface area contributed by atoms with E-state index in [2.05, 4.69) is 12.1 Å². The molecule has 0 saturated heterocycles. The lowest BCUT2D eigenvalue weighted by molar-refractivity contribution is 0.381. The van der Waals surface area contributed by atoms with E-state index >= 15 is 0 Å². The molecule has 3 N–H and O–H groups in total. The molecule has 0 aliphatic heterocycles. The predicted octanol–water partition coefficient (Wildman–Crippen LogP) is 7.26. The van der Waals surface area contributed by atoms with E-state index in [-0.39, 0.29) is 11.1 Å². The third kappa shape index (κ3) is 5.77. The van der Waals surface area contributed by atoms with Gasteiger partial charge < -0.3 is 14.9 Å². The molecule has 0 atom stereocenters. The van der Waals surface area contributed by atoms with E-state index in [1.54, 1.807) is 19.1 Å². The average molecular weight is 441 g/mol. The number of aromatic hydroxyl groups is 1. The van der Waals surface area contributed by atoms with Crippen molar-refractivity contribution in [1.82, 2.24) is 0 Å². The first-order valence-electron chi connectivity index (χ1n) is 11.3. The lowest BCUT2D eigenvalue weighted by Crippen LogP contribution is -1.97. The predicted molar refractivity (Wildman–Crippen MR) is 128 cm³/mol. The van der Waals surface area contributed by atoms with Gasteiger partial charge in [0.05, 0.1) is 0 Å². The molecule has 4 nitrogen and oxygen atoms in total. The second-order valence-corrected chi connectivity index (χ2v) is 9.82. The monoisotopic (exact) mass is 440 g/mol. The van der Waals surface area contributed by atoms with E-state index in [4.69, 9.17) is 0 Å². The van der Waals surface area contributed by atoms with Crippen molar-refractivity contribution in [3.63, 3.8) is 0 Å². The van der Waals surface area contributed by atoms with Crippen molar-refractivity contribution >= 4 is 18.7 Å². The minimum Gasteiger partial charge on any atom is -0.508 e. The molecule has 31 heavy (non-hydrogen) atoms. The van der Waals surface area contributed by atoms with Crippen LogP contribution in [0.4, 0.5) is 0 Å². The summed E-state index contributed by atoms with van der Waals surface area (Å²) in [5.41, 5.74) is 6.47. The topological polar surface area (TPSA) is 77.8 Å². The molecule has 0 unspecified atom stereocenters. The molecular formula is C26H33O4P. The van der Waals surface area contributed by atoms with Crippen LogP contribution in [-0.4, -0.2) is 14.9 Å². The van der Waals surface area contributed by atoms with Crippen LogP contribution in [0, 0.1) is 0 Å². The van der Waals surface area contributed by atoms with E-state index in [1.807, 2.05) is 31.2 Å². The molecule has 1 aliphatic rings. The van der Waals surface area contributed by atoms with Crippen molar-refractivity contribution in [3.05, 3.63) is 76.1 Å². The van der Waals surface area contributed by atoms with E-state index in [9.17, 15) is 19.5 Å². The number of benzene rings is 2. The van der Waals surface area contributed by atoms with Crippen molar-refractivity contribution in [2.75, 3.05) is 0 Å². The Bertz CT molecular complexity index is 985. The molecule has 0 aromatic heterocycles. The molecule has 0 spiro atoms. The number of phenolic OH excluding ortho intramolecular Hbond substituents is 1. The van der Waals surface area contributed by atoms with E-state index < -0.39 is 7.60 Å². The number of phenols is 1. The molecule has 0 amide bonds. The average Bonchev–Trinajstić information content (AvgIpc) is 3.02. The van der Waals surface area contributed by atoms with Crippen LogP contribution in [0.25, 0.3) is 11.1 Å². The van der Waals surface area contributed by atoms with Gasteiger partial charge in [0.15, 0.2) is 0 Å². The van der Waals surface area contributed by atoms with Crippen molar-refractivity contribution in [1.29, 1.82) is 0 Å². The summed E-state index contributed by atoms with van der Waals surface area (Å²) in [6, 6.07) is 15.5. The Morgan fingerprint density at radius 2 is 1.26 bits per heavy atom. The highest BCUT2D eigenvalue weighted by molar-refractivity contribution is 7.56. The Morgan fingerprint density at radius 1 is 0.774 bits per heavy atom. The van der Waals surface area contributed by atoms with Gasteiger partial charge in [0, 0.05) is 5.31 Å². The van der Waals surface area contributed by atoms with Crippen molar-refractivity contribution in [2.24, 2.45) is 0 Å². The standard InChI is InChI=1S/C26H33O4P/c1-3-24(25(4-2)31(28,29)30)19-11-13-21(14-12-19)26(20-9-7-5-6-8-10-20)22-15-17-23(27)18-16-22/h11-18,27H,3-10H2,1-2H3,(H2,28,29,30). The van der Waals surface area contributed by atoms with Gasteiger partial charge >= 0.3 is 7.60 Å². The fourth-order valence-corrected chi connectivity index (χ4v) is 5.67. The van der Waals surface area contributed by atoms with Gasteiger partial charge in [-0.15, -0.1) is 0 Å². The first kappa shape index (κ1) is 23.5. The summed E-state index contributed by atoms with van der Waals surface area (Å²) in [6.45, 7) is 3.72. The summed E-state index contributed by atoms with van der Waals surface area (Å²) in [5, 5.41) is 9.97. The van der Waals surface area contributed by atoms with E-state index in [0.29, 0.717) is 12.8 Å². The highest BCUT2D eigenvalue weighted by Gasteiger charge is 2.23. The maximum atomic E-state index is 12.0. The summed E-state index contributed by atoms with van der Waals surface area (Å²) in [6.07, 6.45) is 7.97. The normalized spacial score (nSPS) is 15.9. The molecule has 1 saturated carbocycles. The molecule has 0 bridgehead atoms. The molecule has 1 fully saturated rings.